The minimum atomic E-state index is -0.186. The van der Waals surface area contributed by atoms with Gasteiger partial charge in [-0.3, -0.25) is 10.6 Å². The number of nitrogens with one attached hydrogen (secondary N) is 2. The van der Waals surface area contributed by atoms with Crippen LogP contribution >= 0.6 is 0 Å². The van der Waals surface area contributed by atoms with Crippen LogP contribution in [0.1, 0.15) is 15.9 Å². The van der Waals surface area contributed by atoms with Gasteiger partial charge in [0, 0.05) is 5.69 Å². The average Bonchev–Trinajstić information content (AvgIpc) is 2.39. The summed E-state index contributed by atoms with van der Waals surface area (Å²) in [5.74, 6) is 5.23. The van der Waals surface area contributed by atoms with E-state index in [2.05, 4.69) is 10.7 Å². The van der Waals surface area contributed by atoms with E-state index in [0.717, 1.165) is 11.3 Å². The molecule has 2 aromatic carbocycles. The molecule has 0 heterocycles. The molecule has 0 unspecified atom stereocenters. The fourth-order valence-corrected chi connectivity index (χ4v) is 1.70. The second kappa shape index (κ2) is 5.33. The Bertz CT molecular complexity index is 552. The van der Waals surface area contributed by atoms with E-state index in [1.807, 2.05) is 49.4 Å². The first-order valence-electron chi connectivity index (χ1n) is 5.64. The number of carbonyl (C=O) groups is 1. The highest BCUT2D eigenvalue weighted by Crippen LogP contribution is 2.18. The predicted octanol–water partition coefficient (Wildman–Crippen LogP) is 2.53. The van der Waals surface area contributed by atoms with Gasteiger partial charge in [0.25, 0.3) is 5.91 Å². The van der Waals surface area contributed by atoms with Gasteiger partial charge in [0.05, 0.1) is 11.3 Å². The van der Waals surface area contributed by atoms with Crippen LogP contribution < -0.4 is 16.6 Å². The fourth-order valence-electron chi connectivity index (χ4n) is 1.70. The van der Waals surface area contributed by atoms with Crippen LogP contribution in [0, 0.1) is 6.92 Å². The molecule has 4 heteroatoms. The van der Waals surface area contributed by atoms with Crippen LogP contribution in [0.2, 0.25) is 0 Å². The molecule has 0 aliphatic rings. The summed E-state index contributed by atoms with van der Waals surface area (Å²) >= 11 is 0. The number of amides is 1. The molecule has 0 aromatic heterocycles. The third kappa shape index (κ3) is 2.67. The molecule has 0 bridgehead atoms. The van der Waals surface area contributed by atoms with Crippen molar-refractivity contribution in [2.75, 3.05) is 10.7 Å². The topological polar surface area (TPSA) is 67.2 Å². The second-order valence-electron chi connectivity index (χ2n) is 4.01. The van der Waals surface area contributed by atoms with Crippen LogP contribution in [0.3, 0.4) is 0 Å². The summed E-state index contributed by atoms with van der Waals surface area (Å²) in [5, 5.41) is 2.82. The largest absolute Gasteiger partial charge is 0.323 e. The zero-order valence-corrected chi connectivity index (χ0v) is 10.1. The van der Waals surface area contributed by atoms with E-state index in [9.17, 15) is 4.79 Å². The van der Waals surface area contributed by atoms with Crippen LogP contribution in [0.15, 0.2) is 48.5 Å². The Morgan fingerprint density at radius 3 is 2.50 bits per heavy atom. The van der Waals surface area contributed by atoms with Crippen molar-refractivity contribution >= 4 is 17.3 Å². The summed E-state index contributed by atoms with van der Waals surface area (Å²) in [5.41, 5.74) is 5.47. The maximum Gasteiger partial charge on any atom is 0.257 e. The Morgan fingerprint density at radius 2 is 1.83 bits per heavy atom. The van der Waals surface area contributed by atoms with Gasteiger partial charge in [-0.1, -0.05) is 24.3 Å². The Labute approximate surface area is 106 Å². The number of nitrogens with two attached hydrogens (primary N) is 1. The van der Waals surface area contributed by atoms with E-state index in [1.54, 1.807) is 6.07 Å². The van der Waals surface area contributed by atoms with E-state index in [1.165, 1.54) is 0 Å². The lowest BCUT2D eigenvalue weighted by Gasteiger charge is -2.10. The molecule has 18 heavy (non-hydrogen) atoms. The molecule has 2 aromatic rings. The first-order chi connectivity index (χ1) is 8.70. The maximum absolute atomic E-state index is 12.1. The number of benzene rings is 2. The standard InChI is InChI=1S/C14H15N3O/c1-10-7-8-12(13(9-10)17-15)14(18)16-11-5-3-2-4-6-11/h2-9,17H,15H2,1H3,(H,16,18). The predicted molar refractivity (Wildman–Crippen MR) is 73.4 cm³/mol. The Balaban J connectivity index is 2.24. The first-order valence-corrected chi connectivity index (χ1v) is 5.64. The molecule has 0 fully saturated rings. The molecule has 0 aliphatic heterocycles. The van der Waals surface area contributed by atoms with E-state index >= 15 is 0 Å². The van der Waals surface area contributed by atoms with Gasteiger partial charge in [0.15, 0.2) is 0 Å². The smallest absolute Gasteiger partial charge is 0.257 e. The minimum Gasteiger partial charge on any atom is -0.323 e. The molecule has 0 atom stereocenters. The lowest BCUT2D eigenvalue weighted by atomic mass is 10.1. The fraction of sp³-hybridized carbons (Fsp3) is 0.0714. The van der Waals surface area contributed by atoms with Gasteiger partial charge in [0.1, 0.15) is 0 Å². The lowest BCUT2D eigenvalue weighted by molar-refractivity contribution is 0.102. The zero-order valence-electron chi connectivity index (χ0n) is 10.1. The van der Waals surface area contributed by atoms with Crippen molar-refractivity contribution in [1.29, 1.82) is 0 Å². The van der Waals surface area contributed by atoms with Crippen molar-refractivity contribution < 1.29 is 4.79 Å². The molecule has 0 saturated carbocycles. The molecule has 4 N–H and O–H groups in total. The first kappa shape index (κ1) is 12.1. The van der Waals surface area contributed by atoms with Gasteiger partial charge >= 0.3 is 0 Å². The van der Waals surface area contributed by atoms with Crippen molar-refractivity contribution in [3.63, 3.8) is 0 Å². The van der Waals surface area contributed by atoms with Gasteiger partial charge in [-0.15, -0.1) is 0 Å². The molecule has 1 amide bonds. The minimum absolute atomic E-state index is 0.186. The molecule has 0 radical (unpaired) electrons. The second-order valence-corrected chi connectivity index (χ2v) is 4.01. The monoisotopic (exact) mass is 241 g/mol. The summed E-state index contributed by atoms with van der Waals surface area (Å²) in [6.07, 6.45) is 0. The molecule has 0 spiro atoms. The number of carbonyl (C=O) groups excluding carboxylic acids is 1. The van der Waals surface area contributed by atoms with Gasteiger partial charge < -0.3 is 10.7 Å². The summed E-state index contributed by atoms with van der Waals surface area (Å²) in [6.45, 7) is 1.94. The molecule has 92 valence electrons. The van der Waals surface area contributed by atoms with E-state index in [0.29, 0.717) is 11.3 Å². The molecule has 0 aliphatic carbocycles. The summed E-state index contributed by atoms with van der Waals surface area (Å²) in [7, 11) is 0. The van der Waals surface area contributed by atoms with Crippen molar-refractivity contribution in [2.45, 2.75) is 6.92 Å². The lowest BCUT2D eigenvalue weighted by Crippen LogP contribution is -2.17. The van der Waals surface area contributed by atoms with Gasteiger partial charge in [0.2, 0.25) is 0 Å². The molecular weight excluding hydrogens is 226 g/mol. The number of nitrogen functional groups attached to an aromatic ring is 1. The van der Waals surface area contributed by atoms with E-state index < -0.39 is 0 Å². The quantitative estimate of drug-likeness (QED) is 0.571. The number of rotatable bonds is 3. The molecule has 2 rings (SSSR count). The van der Waals surface area contributed by atoms with Gasteiger partial charge in [-0.25, -0.2) is 0 Å². The van der Waals surface area contributed by atoms with Crippen molar-refractivity contribution in [1.82, 2.24) is 0 Å². The van der Waals surface area contributed by atoms with Gasteiger partial charge in [-0.05, 0) is 36.8 Å². The number of hydrazine groups is 1. The number of hydrogen-bond acceptors (Lipinski definition) is 3. The average molecular weight is 241 g/mol. The highest BCUT2D eigenvalue weighted by molar-refractivity contribution is 6.08. The van der Waals surface area contributed by atoms with Crippen LogP contribution in [0.25, 0.3) is 0 Å². The summed E-state index contributed by atoms with van der Waals surface area (Å²) in [4.78, 5) is 12.1. The van der Waals surface area contributed by atoms with E-state index in [-0.39, 0.29) is 5.91 Å². The zero-order chi connectivity index (χ0) is 13.0. The third-order valence-electron chi connectivity index (χ3n) is 2.61. The normalized spacial score (nSPS) is 9.89. The number of aryl methyl sites for hydroxylation is 1. The van der Waals surface area contributed by atoms with Gasteiger partial charge in [-0.2, -0.15) is 0 Å². The van der Waals surface area contributed by atoms with Crippen molar-refractivity contribution in [3.8, 4) is 0 Å². The van der Waals surface area contributed by atoms with Crippen molar-refractivity contribution in [2.24, 2.45) is 5.84 Å². The van der Waals surface area contributed by atoms with Crippen LogP contribution in [-0.2, 0) is 0 Å². The van der Waals surface area contributed by atoms with Crippen LogP contribution in [0.4, 0.5) is 11.4 Å². The number of hydrogen-bond donors (Lipinski definition) is 3. The highest BCUT2D eigenvalue weighted by Gasteiger charge is 2.10. The Hall–Kier alpha value is -2.33. The third-order valence-corrected chi connectivity index (χ3v) is 2.61. The Morgan fingerprint density at radius 1 is 1.11 bits per heavy atom. The number of para-hydroxylation sites is 1. The van der Waals surface area contributed by atoms with E-state index in [4.69, 9.17) is 5.84 Å². The van der Waals surface area contributed by atoms with Crippen LogP contribution in [0.5, 0.6) is 0 Å². The molecule has 4 nitrogen and oxygen atoms in total. The number of anilines is 2. The summed E-state index contributed by atoms with van der Waals surface area (Å²) in [6, 6.07) is 14.8. The molecular formula is C14H15N3O. The maximum atomic E-state index is 12.1. The molecule has 0 saturated heterocycles. The Kier molecular flexibility index (Phi) is 3.60. The highest BCUT2D eigenvalue weighted by atomic mass is 16.1. The van der Waals surface area contributed by atoms with Crippen molar-refractivity contribution in [3.05, 3.63) is 59.7 Å². The van der Waals surface area contributed by atoms with Crippen LogP contribution in [-0.4, -0.2) is 5.91 Å². The summed E-state index contributed by atoms with van der Waals surface area (Å²) < 4.78 is 0. The SMILES string of the molecule is Cc1ccc(C(=O)Nc2ccccc2)c(NN)c1.